The maximum atomic E-state index is 12.9. The molecule has 2 N–H and O–H groups in total. The smallest absolute Gasteiger partial charge is 0.342 e. The van der Waals surface area contributed by atoms with Gasteiger partial charge in [0, 0.05) is 16.8 Å². The number of esters is 1. The number of benzene rings is 1. The van der Waals surface area contributed by atoms with Crippen molar-refractivity contribution in [1.82, 2.24) is 0 Å². The van der Waals surface area contributed by atoms with Crippen LogP contribution in [-0.2, 0) is 27.2 Å². The molecule has 0 saturated heterocycles. The summed E-state index contributed by atoms with van der Waals surface area (Å²) in [6, 6.07) is 4.68. The summed E-state index contributed by atoms with van der Waals surface area (Å²) in [5, 5.41) is 6.53. The van der Waals surface area contributed by atoms with Crippen LogP contribution in [0, 0.1) is 0 Å². The van der Waals surface area contributed by atoms with Crippen LogP contribution in [0.25, 0.3) is 0 Å². The fourth-order valence-electron chi connectivity index (χ4n) is 3.13. The normalized spacial score (nSPS) is 13.9. The topological polar surface area (TPSA) is 84.5 Å². The average Bonchev–Trinajstić information content (AvgIpc) is 3.01. The molecule has 2 amide bonds. The molecule has 1 aliphatic carbocycles. The van der Waals surface area contributed by atoms with E-state index >= 15 is 0 Å². The quantitative estimate of drug-likeness (QED) is 0.617. The summed E-state index contributed by atoms with van der Waals surface area (Å²) in [6.07, 6.45) is 2.55. The zero-order valence-electron chi connectivity index (χ0n) is 15.9. The molecule has 1 aliphatic rings. The van der Waals surface area contributed by atoms with Crippen LogP contribution in [0.3, 0.4) is 0 Å². The van der Waals surface area contributed by atoms with E-state index in [-0.39, 0.29) is 5.91 Å². The highest BCUT2D eigenvalue weighted by molar-refractivity contribution is 7.17. The number of fused-ring (bicyclic) bond motifs is 1. The first-order chi connectivity index (χ1) is 13.8. The third-order valence-corrected chi connectivity index (χ3v) is 6.28. The van der Waals surface area contributed by atoms with Gasteiger partial charge in [-0.2, -0.15) is 0 Å². The van der Waals surface area contributed by atoms with E-state index in [1.807, 2.05) is 0 Å². The fraction of sp³-hybridized carbons (Fsp3) is 0.350. The molecular weight excluding hydrogens is 435 g/mol. The summed E-state index contributed by atoms with van der Waals surface area (Å²) >= 11 is 13.4. The van der Waals surface area contributed by atoms with E-state index in [1.54, 1.807) is 12.1 Å². The Kier molecular flexibility index (Phi) is 6.82. The molecule has 6 nitrogen and oxygen atoms in total. The van der Waals surface area contributed by atoms with Gasteiger partial charge in [0.1, 0.15) is 5.00 Å². The minimum atomic E-state index is -1.07. The Balaban J connectivity index is 1.77. The molecule has 0 spiro atoms. The lowest BCUT2D eigenvalue weighted by Gasteiger charge is -2.16. The number of hydrogen-bond donors (Lipinski definition) is 2. The third kappa shape index (κ3) is 5.10. The van der Waals surface area contributed by atoms with Crippen molar-refractivity contribution >= 4 is 63.0 Å². The van der Waals surface area contributed by atoms with Crippen molar-refractivity contribution in [2.45, 2.75) is 45.6 Å². The Morgan fingerprint density at radius 3 is 2.59 bits per heavy atom. The highest BCUT2D eigenvalue weighted by Gasteiger charge is 2.29. The van der Waals surface area contributed by atoms with Gasteiger partial charge in [-0.05, 0) is 56.4 Å². The monoisotopic (exact) mass is 454 g/mol. The molecule has 29 heavy (non-hydrogen) atoms. The number of hydrogen-bond acceptors (Lipinski definition) is 5. The summed E-state index contributed by atoms with van der Waals surface area (Å²) in [7, 11) is 0. The lowest BCUT2D eigenvalue weighted by molar-refractivity contribution is -0.123. The number of thiophene rings is 1. The zero-order valence-corrected chi connectivity index (χ0v) is 18.3. The number of halogens is 2. The Morgan fingerprint density at radius 2 is 1.86 bits per heavy atom. The predicted octanol–water partition coefficient (Wildman–Crippen LogP) is 5.08. The van der Waals surface area contributed by atoms with Gasteiger partial charge in [-0.25, -0.2) is 4.79 Å². The number of amides is 2. The van der Waals surface area contributed by atoms with E-state index in [0.29, 0.717) is 26.3 Å². The molecule has 0 bridgehead atoms. The van der Waals surface area contributed by atoms with Crippen LogP contribution in [0.2, 0.25) is 10.0 Å². The molecule has 0 radical (unpaired) electrons. The first-order valence-corrected chi connectivity index (χ1v) is 10.7. The lowest BCUT2D eigenvalue weighted by atomic mass is 9.95. The van der Waals surface area contributed by atoms with Gasteiger partial charge in [-0.15, -0.1) is 11.3 Å². The number of ether oxygens (including phenoxy) is 1. The van der Waals surface area contributed by atoms with Gasteiger partial charge in [0.25, 0.3) is 5.91 Å². The van der Waals surface area contributed by atoms with Crippen molar-refractivity contribution in [2.75, 3.05) is 10.6 Å². The van der Waals surface area contributed by atoms with Crippen LogP contribution in [0.5, 0.6) is 0 Å². The third-order valence-electron chi connectivity index (χ3n) is 4.50. The summed E-state index contributed by atoms with van der Waals surface area (Å²) in [5.41, 5.74) is 1.58. The molecule has 154 valence electrons. The number of nitrogens with one attached hydrogen (secondary N) is 2. The van der Waals surface area contributed by atoms with Crippen molar-refractivity contribution in [3.05, 3.63) is 44.2 Å². The Labute approximate surface area is 182 Å². The van der Waals surface area contributed by atoms with Crippen LogP contribution in [0.15, 0.2) is 18.2 Å². The van der Waals surface area contributed by atoms with E-state index in [0.717, 1.165) is 36.1 Å². The van der Waals surface area contributed by atoms with Crippen LogP contribution in [0.1, 0.15) is 47.5 Å². The predicted molar refractivity (Wildman–Crippen MR) is 115 cm³/mol. The van der Waals surface area contributed by atoms with Crippen molar-refractivity contribution in [1.29, 1.82) is 0 Å². The molecule has 2 aromatic rings. The Bertz CT molecular complexity index is 974. The molecule has 1 atom stereocenters. The van der Waals surface area contributed by atoms with Crippen LogP contribution in [-0.4, -0.2) is 23.9 Å². The SMILES string of the molecule is CC(=O)Nc1sc2c(c1C(=O)OC(C)C(=O)Nc1cc(Cl)ccc1Cl)CCCC2. The van der Waals surface area contributed by atoms with E-state index in [4.69, 9.17) is 27.9 Å². The number of anilines is 2. The minimum Gasteiger partial charge on any atom is -0.449 e. The zero-order chi connectivity index (χ0) is 21.1. The summed E-state index contributed by atoms with van der Waals surface area (Å²) in [5.74, 6) is -1.43. The molecule has 1 heterocycles. The standard InChI is InChI=1S/C20H20Cl2N2O4S/c1-10(18(26)24-15-9-12(21)7-8-14(15)22)28-20(27)17-13-5-3-4-6-16(13)29-19(17)23-11(2)25/h7-10H,3-6H2,1-2H3,(H,23,25)(H,24,26). The van der Waals surface area contributed by atoms with Gasteiger partial charge < -0.3 is 15.4 Å². The van der Waals surface area contributed by atoms with Crippen LogP contribution in [0.4, 0.5) is 10.7 Å². The first-order valence-electron chi connectivity index (χ1n) is 9.15. The van der Waals surface area contributed by atoms with Gasteiger partial charge in [0.05, 0.1) is 16.3 Å². The van der Waals surface area contributed by atoms with E-state index in [2.05, 4.69) is 10.6 Å². The van der Waals surface area contributed by atoms with E-state index in [9.17, 15) is 14.4 Å². The molecule has 3 rings (SSSR count). The minimum absolute atomic E-state index is 0.265. The summed E-state index contributed by atoms with van der Waals surface area (Å²) < 4.78 is 5.42. The molecule has 0 saturated carbocycles. The second kappa shape index (κ2) is 9.15. The van der Waals surface area contributed by atoms with Gasteiger partial charge >= 0.3 is 5.97 Å². The van der Waals surface area contributed by atoms with Crippen LogP contribution < -0.4 is 10.6 Å². The summed E-state index contributed by atoms with van der Waals surface area (Å²) in [6.45, 7) is 2.86. The van der Waals surface area contributed by atoms with E-state index in [1.165, 1.54) is 31.3 Å². The first kappa shape index (κ1) is 21.6. The molecular formula is C20H20Cl2N2O4S. The molecule has 9 heteroatoms. The van der Waals surface area contributed by atoms with Gasteiger partial charge in [0.2, 0.25) is 5.91 Å². The molecule has 1 aromatic carbocycles. The highest BCUT2D eigenvalue weighted by Crippen LogP contribution is 2.38. The average molecular weight is 455 g/mol. The fourth-order valence-corrected chi connectivity index (χ4v) is 4.79. The molecule has 0 aliphatic heterocycles. The maximum absolute atomic E-state index is 12.9. The Hall–Kier alpha value is -2.09. The second-order valence-corrected chi connectivity index (χ2v) is 8.71. The van der Waals surface area contributed by atoms with Gasteiger partial charge in [-0.3, -0.25) is 9.59 Å². The second-order valence-electron chi connectivity index (χ2n) is 6.76. The Morgan fingerprint density at radius 1 is 1.14 bits per heavy atom. The van der Waals surface area contributed by atoms with E-state index < -0.39 is 18.0 Å². The lowest BCUT2D eigenvalue weighted by Crippen LogP contribution is -2.30. The largest absolute Gasteiger partial charge is 0.449 e. The number of rotatable bonds is 5. The number of carbonyl (C=O) groups excluding carboxylic acids is 3. The molecule has 1 unspecified atom stereocenters. The molecule has 1 aromatic heterocycles. The number of aryl methyl sites for hydroxylation is 1. The number of carbonyl (C=O) groups is 3. The summed E-state index contributed by atoms with van der Waals surface area (Å²) in [4.78, 5) is 38.0. The maximum Gasteiger partial charge on any atom is 0.342 e. The van der Waals surface area contributed by atoms with Crippen molar-refractivity contribution in [3.8, 4) is 0 Å². The van der Waals surface area contributed by atoms with Crippen molar-refractivity contribution in [3.63, 3.8) is 0 Å². The van der Waals surface area contributed by atoms with Gasteiger partial charge in [0.15, 0.2) is 6.10 Å². The van der Waals surface area contributed by atoms with Crippen molar-refractivity contribution < 1.29 is 19.1 Å². The van der Waals surface area contributed by atoms with Crippen molar-refractivity contribution in [2.24, 2.45) is 0 Å². The van der Waals surface area contributed by atoms with Crippen LogP contribution >= 0.6 is 34.5 Å². The molecule has 0 fully saturated rings. The highest BCUT2D eigenvalue weighted by atomic mass is 35.5. The van der Waals surface area contributed by atoms with Gasteiger partial charge in [-0.1, -0.05) is 23.2 Å².